The van der Waals surface area contributed by atoms with E-state index in [9.17, 15) is 4.79 Å². The summed E-state index contributed by atoms with van der Waals surface area (Å²) in [5, 5.41) is 0. The zero-order valence-corrected chi connectivity index (χ0v) is 10.7. The zero-order chi connectivity index (χ0) is 11.8. The van der Waals surface area contributed by atoms with Gasteiger partial charge in [-0.25, -0.2) is 0 Å². The van der Waals surface area contributed by atoms with Gasteiger partial charge in [-0.2, -0.15) is 0 Å². The number of rotatable bonds is 6. The highest BCUT2D eigenvalue weighted by Gasteiger charge is 2.10. The van der Waals surface area contributed by atoms with Gasteiger partial charge in [-0.15, -0.1) is 19.0 Å². The lowest BCUT2D eigenvalue weighted by Crippen LogP contribution is -2.32. The first-order valence-corrected chi connectivity index (χ1v) is 5.40. The molecule has 0 aliphatic heterocycles. The molecule has 0 spiro atoms. The number of hydrogen-bond donors (Lipinski definition) is 1. The van der Waals surface area contributed by atoms with E-state index in [4.69, 9.17) is 5.73 Å². The van der Waals surface area contributed by atoms with Gasteiger partial charge in [-0.05, 0) is 5.56 Å². The van der Waals surface area contributed by atoms with Crippen molar-refractivity contribution in [1.29, 1.82) is 0 Å². The molecule has 0 fully saturated rings. The molecule has 0 radical (unpaired) electrons. The average Bonchev–Trinajstić information content (AvgIpc) is 2.30. The first-order valence-electron chi connectivity index (χ1n) is 5.40. The Kier molecular flexibility index (Phi) is 8.11. The van der Waals surface area contributed by atoms with Crippen LogP contribution >= 0.6 is 12.4 Å². The lowest BCUT2D eigenvalue weighted by molar-refractivity contribution is -0.131. The van der Waals surface area contributed by atoms with Crippen LogP contribution in [0.4, 0.5) is 0 Å². The predicted octanol–water partition coefficient (Wildman–Crippen LogP) is 1.97. The molecule has 0 saturated carbocycles. The molecule has 17 heavy (non-hydrogen) atoms. The van der Waals surface area contributed by atoms with Crippen molar-refractivity contribution in [2.45, 2.75) is 13.0 Å². The first-order chi connectivity index (χ1) is 7.77. The molecule has 0 unspecified atom stereocenters. The maximum absolute atomic E-state index is 11.7. The Labute approximate surface area is 109 Å². The van der Waals surface area contributed by atoms with Gasteiger partial charge in [0.1, 0.15) is 0 Å². The fraction of sp³-hybridized carbons (Fsp3) is 0.308. The Morgan fingerprint density at radius 1 is 1.35 bits per heavy atom. The second-order valence-electron chi connectivity index (χ2n) is 3.59. The highest BCUT2D eigenvalue weighted by atomic mass is 35.5. The van der Waals surface area contributed by atoms with E-state index in [0.29, 0.717) is 26.1 Å². The zero-order valence-electron chi connectivity index (χ0n) is 9.84. The molecule has 0 saturated heterocycles. The standard InChI is InChI=1S/C13H18N2O.ClH/c1-2-10-15(13(16)8-9-14)11-12-6-4-3-5-7-12;/h2-7H,1,8-11,14H2;1H. The van der Waals surface area contributed by atoms with Crippen molar-refractivity contribution in [3.63, 3.8) is 0 Å². The summed E-state index contributed by atoms with van der Waals surface area (Å²) in [4.78, 5) is 13.5. The smallest absolute Gasteiger partial charge is 0.224 e. The highest BCUT2D eigenvalue weighted by Crippen LogP contribution is 2.05. The van der Waals surface area contributed by atoms with Gasteiger partial charge < -0.3 is 10.6 Å². The summed E-state index contributed by atoms with van der Waals surface area (Å²) in [6.45, 7) is 5.23. The van der Waals surface area contributed by atoms with E-state index < -0.39 is 0 Å². The van der Waals surface area contributed by atoms with Crippen LogP contribution in [0.25, 0.3) is 0 Å². The average molecular weight is 255 g/mol. The van der Waals surface area contributed by atoms with Crippen LogP contribution in [0.1, 0.15) is 12.0 Å². The summed E-state index contributed by atoms with van der Waals surface area (Å²) in [7, 11) is 0. The third kappa shape index (κ3) is 5.52. The van der Waals surface area contributed by atoms with Crippen LogP contribution < -0.4 is 5.73 Å². The van der Waals surface area contributed by atoms with Crippen LogP contribution in [0.15, 0.2) is 43.0 Å². The number of nitrogens with two attached hydrogens (primary N) is 1. The fourth-order valence-corrected chi connectivity index (χ4v) is 1.50. The summed E-state index contributed by atoms with van der Waals surface area (Å²) in [6.07, 6.45) is 2.12. The van der Waals surface area contributed by atoms with Gasteiger partial charge in [0.15, 0.2) is 0 Å². The van der Waals surface area contributed by atoms with Crippen LogP contribution in [-0.4, -0.2) is 23.9 Å². The van der Waals surface area contributed by atoms with Crippen LogP contribution in [0.2, 0.25) is 0 Å². The SMILES string of the molecule is C=CCN(Cc1ccccc1)C(=O)CCN.Cl. The molecule has 1 aromatic carbocycles. The van der Waals surface area contributed by atoms with Gasteiger partial charge >= 0.3 is 0 Å². The molecular formula is C13H19ClN2O. The Bertz CT molecular complexity index is 341. The van der Waals surface area contributed by atoms with E-state index in [2.05, 4.69) is 6.58 Å². The summed E-state index contributed by atoms with van der Waals surface area (Å²) < 4.78 is 0. The van der Waals surface area contributed by atoms with E-state index in [1.165, 1.54) is 0 Å². The summed E-state index contributed by atoms with van der Waals surface area (Å²) in [6, 6.07) is 9.91. The van der Waals surface area contributed by atoms with Gasteiger partial charge in [0.25, 0.3) is 0 Å². The molecule has 1 rings (SSSR count). The first kappa shape index (κ1) is 15.7. The molecule has 94 valence electrons. The molecule has 2 N–H and O–H groups in total. The Balaban J connectivity index is 0.00000256. The minimum Gasteiger partial charge on any atom is -0.335 e. The number of carbonyl (C=O) groups is 1. The third-order valence-corrected chi connectivity index (χ3v) is 2.28. The van der Waals surface area contributed by atoms with Crippen LogP contribution in [0.5, 0.6) is 0 Å². The number of benzene rings is 1. The molecule has 1 amide bonds. The van der Waals surface area contributed by atoms with Crippen molar-refractivity contribution in [2.75, 3.05) is 13.1 Å². The lowest BCUT2D eigenvalue weighted by atomic mass is 10.2. The van der Waals surface area contributed by atoms with Crippen LogP contribution in [0, 0.1) is 0 Å². The maximum Gasteiger partial charge on any atom is 0.224 e. The molecule has 0 aromatic heterocycles. The number of amides is 1. The van der Waals surface area contributed by atoms with Gasteiger partial charge in [-0.1, -0.05) is 36.4 Å². The Morgan fingerprint density at radius 3 is 2.53 bits per heavy atom. The van der Waals surface area contributed by atoms with Gasteiger partial charge in [0.2, 0.25) is 5.91 Å². The quantitative estimate of drug-likeness (QED) is 0.789. The van der Waals surface area contributed by atoms with E-state index in [1.54, 1.807) is 11.0 Å². The van der Waals surface area contributed by atoms with Crippen LogP contribution in [0.3, 0.4) is 0 Å². The lowest BCUT2D eigenvalue weighted by Gasteiger charge is -2.21. The molecule has 0 bridgehead atoms. The van der Waals surface area contributed by atoms with E-state index in [1.807, 2.05) is 30.3 Å². The van der Waals surface area contributed by atoms with E-state index in [-0.39, 0.29) is 18.3 Å². The Morgan fingerprint density at radius 2 is 2.00 bits per heavy atom. The maximum atomic E-state index is 11.7. The molecule has 3 nitrogen and oxygen atoms in total. The largest absolute Gasteiger partial charge is 0.335 e. The van der Waals surface area contributed by atoms with Gasteiger partial charge in [-0.3, -0.25) is 4.79 Å². The predicted molar refractivity (Wildman–Crippen MR) is 73.0 cm³/mol. The molecule has 1 aromatic rings. The molecule has 0 atom stereocenters. The van der Waals surface area contributed by atoms with E-state index in [0.717, 1.165) is 5.56 Å². The van der Waals surface area contributed by atoms with Gasteiger partial charge in [0.05, 0.1) is 0 Å². The summed E-state index contributed by atoms with van der Waals surface area (Å²) >= 11 is 0. The molecular weight excluding hydrogens is 236 g/mol. The minimum absolute atomic E-state index is 0. The molecule has 0 aliphatic carbocycles. The summed E-state index contributed by atoms with van der Waals surface area (Å²) in [5.74, 6) is 0.0752. The van der Waals surface area contributed by atoms with Crippen molar-refractivity contribution < 1.29 is 4.79 Å². The van der Waals surface area contributed by atoms with Crippen molar-refractivity contribution in [1.82, 2.24) is 4.90 Å². The molecule has 4 heteroatoms. The molecule has 0 aliphatic rings. The second-order valence-corrected chi connectivity index (χ2v) is 3.59. The van der Waals surface area contributed by atoms with E-state index >= 15 is 0 Å². The highest BCUT2D eigenvalue weighted by molar-refractivity contribution is 5.85. The number of hydrogen-bond acceptors (Lipinski definition) is 2. The number of halogens is 1. The third-order valence-electron chi connectivity index (χ3n) is 2.28. The van der Waals surface area contributed by atoms with Crippen molar-refractivity contribution in [3.05, 3.63) is 48.6 Å². The normalized spacial score (nSPS) is 9.24. The summed E-state index contributed by atoms with van der Waals surface area (Å²) in [5.41, 5.74) is 6.50. The topological polar surface area (TPSA) is 46.3 Å². The number of carbonyl (C=O) groups excluding carboxylic acids is 1. The molecule has 0 heterocycles. The second kappa shape index (κ2) is 8.79. The van der Waals surface area contributed by atoms with Crippen molar-refractivity contribution >= 4 is 18.3 Å². The van der Waals surface area contributed by atoms with Crippen molar-refractivity contribution in [3.8, 4) is 0 Å². The minimum atomic E-state index is 0. The number of nitrogens with zero attached hydrogens (tertiary/aromatic N) is 1. The van der Waals surface area contributed by atoms with Crippen molar-refractivity contribution in [2.24, 2.45) is 5.73 Å². The monoisotopic (exact) mass is 254 g/mol. The fourth-order valence-electron chi connectivity index (χ4n) is 1.50. The Hall–Kier alpha value is -1.32. The van der Waals surface area contributed by atoms with Crippen LogP contribution in [-0.2, 0) is 11.3 Å². The van der Waals surface area contributed by atoms with Gasteiger partial charge in [0, 0.05) is 26.1 Å².